The fourth-order valence-corrected chi connectivity index (χ4v) is 3.04. The van der Waals surface area contributed by atoms with E-state index in [0.29, 0.717) is 22.1 Å². The monoisotopic (exact) mass is 325 g/mol. The molecule has 2 rings (SSSR count). The highest BCUT2D eigenvalue weighted by molar-refractivity contribution is 7.89. The molecule has 0 heterocycles. The molecule has 0 amide bonds. The summed E-state index contributed by atoms with van der Waals surface area (Å²) < 4.78 is 28.5. The molecule has 2 N–H and O–H groups in total. The van der Waals surface area contributed by atoms with Gasteiger partial charge in [-0.2, -0.15) is 0 Å². The third-order valence-electron chi connectivity index (χ3n) is 3.09. The van der Waals surface area contributed by atoms with Crippen LogP contribution in [0.3, 0.4) is 0 Å². The van der Waals surface area contributed by atoms with Crippen LogP contribution in [0.15, 0.2) is 41.3 Å². The van der Waals surface area contributed by atoms with Crippen molar-refractivity contribution >= 4 is 21.6 Å². The van der Waals surface area contributed by atoms with E-state index in [-0.39, 0.29) is 4.90 Å². The SMILES string of the molecule is CCc1cc(Oc2ccc(S(N)(=O)=O)c(C)c2)ccc1Cl. The van der Waals surface area contributed by atoms with Crippen molar-refractivity contribution in [2.75, 3.05) is 0 Å². The van der Waals surface area contributed by atoms with Crippen LogP contribution in [0.4, 0.5) is 0 Å². The van der Waals surface area contributed by atoms with Crippen LogP contribution in [0.1, 0.15) is 18.1 Å². The zero-order valence-electron chi connectivity index (χ0n) is 11.8. The van der Waals surface area contributed by atoms with Crippen molar-refractivity contribution < 1.29 is 13.2 Å². The van der Waals surface area contributed by atoms with Gasteiger partial charge in [0.2, 0.25) is 10.0 Å². The van der Waals surface area contributed by atoms with E-state index in [0.717, 1.165) is 12.0 Å². The van der Waals surface area contributed by atoms with Gasteiger partial charge in [-0.1, -0.05) is 18.5 Å². The van der Waals surface area contributed by atoms with Crippen LogP contribution >= 0.6 is 11.6 Å². The van der Waals surface area contributed by atoms with Crippen molar-refractivity contribution in [3.05, 3.63) is 52.5 Å². The zero-order valence-corrected chi connectivity index (χ0v) is 13.3. The van der Waals surface area contributed by atoms with E-state index in [9.17, 15) is 8.42 Å². The Morgan fingerprint density at radius 1 is 1.14 bits per heavy atom. The molecule has 0 radical (unpaired) electrons. The molecule has 0 aliphatic heterocycles. The highest BCUT2D eigenvalue weighted by atomic mass is 35.5. The normalized spacial score (nSPS) is 11.4. The summed E-state index contributed by atoms with van der Waals surface area (Å²) in [7, 11) is -3.71. The maximum Gasteiger partial charge on any atom is 0.238 e. The molecule has 0 unspecified atom stereocenters. The second-order valence-corrected chi connectivity index (χ2v) is 6.62. The Labute approximate surface area is 129 Å². The van der Waals surface area contributed by atoms with Gasteiger partial charge in [-0.3, -0.25) is 0 Å². The molecule has 0 saturated heterocycles. The first kappa shape index (κ1) is 15.8. The summed E-state index contributed by atoms with van der Waals surface area (Å²) in [4.78, 5) is 0.0974. The first-order valence-electron chi connectivity index (χ1n) is 6.41. The number of benzene rings is 2. The van der Waals surface area contributed by atoms with Crippen molar-refractivity contribution in [2.24, 2.45) is 5.14 Å². The van der Waals surface area contributed by atoms with E-state index in [4.69, 9.17) is 21.5 Å². The Bertz CT molecular complexity index is 772. The Kier molecular flexibility index (Phi) is 4.56. The van der Waals surface area contributed by atoms with Crippen LogP contribution in [-0.2, 0) is 16.4 Å². The van der Waals surface area contributed by atoms with Gasteiger partial charge in [0.05, 0.1) is 4.90 Å². The molecule has 0 atom stereocenters. The summed E-state index contributed by atoms with van der Waals surface area (Å²) in [5.74, 6) is 1.20. The standard InChI is InChI=1S/C15H16ClNO3S/c1-3-11-9-13(4-6-14(11)16)20-12-5-7-15(10(2)8-12)21(17,18)19/h4-9H,3H2,1-2H3,(H2,17,18,19). The van der Waals surface area contributed by atoms with E-state index in [1.165, 1.54) is 6.07 Å². The summed E-state index contributed by atoms with van der Waals surface area (Å²) in [5.41, 5.74) is 1.53. The molecule has 0 bridgehead atoms. The molecule has 0 fully saturated rings. The predicted octanol–water partition coefficient (Wildman–Crippen LogP) is 3.65. The third-order valence-corrected chi connectivity index (χ3v) is 4.53. The van der Waals surface area contributed by atoms with Gasteiger partial charge in [-0.25, -0.2) is 13.6 Å². The van der Waals surface area contributed by atoms with E-state index in [1.54, 1.807) is 31.2 Å². The average molecular weight is 326 g/mol. The van der Waals surface area contributed by atoms with Crippen molar-refractivity contribution in [3.63, 3.8) is 0 Å². The van der Waals surface area contributed by atoms with Crippen molar-refractivity contribution in [2.45, 2.75) is 25.2 Å². The van der Waals surface area contributed by atoms with Crippen LogP contribution < -0.4 is 9.88 Å². The van der Waals surface area contributed by atoms with E-state index in [2.05, 4.69) is 0 Å². The number of primary sulfonamides is 1. The summed E-state index contributed by atoms with van der Waals surface area (Å²) in [5, 5.41) is 5.83. The van der Waals surface area contributed by atoms with Crippen molar-refractivity contribution in [1.82, 2.24) is 0 Å². The molecule has 4 nitrogen and oxygen atoms in total. The van der Waals surface area contributed by atoms with Crippen LogP contribution in [0.2, 0.25) is 5.02 Å². The van der Waals surface area contributed by atoms with E-state index >= 15 is 0 Å². The number of aryl methyl sites for hydroxylation is 2. The summed E-state index contributed by atoms with van der Waals surface area (Å²) in [6, 6.07) is 10.1. The smallest absolute Gasteiger partial charge is 0.238 e. The fourth-order valence-electron chi connectivity index (χ4n) is 2.03. The fraction of sp³-hybridized carbons (Fsp3) is 0.200. The number of sulfonamides is 1. The van der Waals surface area contributed by atoms with Crippen molar-refractivity contribution in [1.29, 1.82) is 0 Å². The average Bonchev–Trinajstić information content (AvgIpc) is 2.39. The topological polar surface area (TPSA) is 69.4 Å². The minimum Gasteiger partial charge on any atom is -0.457 e. The second-order valence-electron chi connectivity index (χ2n) is 4.68. The van der Waals surface area contributed by atoms with Gasteiger partial charge in [-0.05, 0) is 60.9 Å². The highest BCUT2D eigenvalue weighted by Gasteiger charge is 2.12. The molecule has 0 aromatic heterocycles. The number of rotatable bonds is 4. The largest absolute Gasteiger partial charge is 0.457 e. The third kappa shape index (κ3) is 3.75. The van der Waals surface area contributed by atoms with Crippen LogP contribution in [-0.4, -0.2) is 8.42 Å². The van der Waals surface area contributed by atoms with Crippen molar-refractivity contribution in [3.8, 4) is 11.5 Å². The summed E-state index contributed by atoms with van der Waals surface area (Å²) >= 11 is 6.06. The first-order valence-corrected chi connectivity index (χ1v) is 8.33. The van der Waals surface area contributed by atoms with Gasteiger partial charge in [0, 0.05) is 5.02 Å². The summed E-state index contributed by atoms with van der Waals surface area (Å²) in [6.45, 7) is 3.68. The van der Waals surface area contributed by atoms with Gasteiger partial charge in [0.1, 0.15) is 11.5 Å². The molecule has 0 saturated carbocycles. The van der Waals surface area contributed by atoms with Crippen LogP contribution in [0.25, 0.3) is 0 Å². The van der Waals surface area contributed by atoms with Crippen LogP contribution in [0, 0.1) is 6.92 Å². The minimum atomic E-state index is -3.71. The molecule has 0 aliphatic rings. The Hall–Kier alpha value is -1.56. The molecule has 2 aromatic rings. The molecule has 6 heteroatoms. The quantitative estimate of drug-likeness (QED) is 0.932. The lowest BCUT2D eigenvalue weighted by atomic mass is 10.1. The second kappa shape index (κ2) is 6.05. The molecular weight excluding hydrogens is 310 g/mol. The number of halogens is 1. The number of nitrogens with two attached hydrogens (primary N) is 1. The Morgan fingerprint density at radius 3 is 2.33 bits per heavy atom. The number of hydrogen-bond acceptors (Lipinski definition) is 3. The molecule has 0 aliphatic carbocycles. The van der Waals surface area contributed by atoms with Gasteiger partial charge >= 0.3 is 0 Å². The van der Waals surface area contributed by atoms with Gasteiger partial charge < -0.3 is 4.74 Å². The number of ether oxygens (including phenoxy) is 1. The lowest BCUT2D eigenvalue weighted by molar-refractivity contribution is 0.481. The molecule has 112 valence electrons. The van der Waals surface area contributed by atoms with E-state index in [1.807, 2.05) is 13.0 Å². The van der Waals surface area contributed by atoms with Gasteiger partial charge in [-0.15, -0.1) is 0 Å². The van der Waals surface area contributed by atoms with Crippen LogP contribution in [0.5, 0.6) is 11.5 Å². The lowest BCUT2D eigenvalue weighted by Crippen LogP contribution is -2.13. The first-order chi connectivity index (χ1) is 9.81. The summed E-state index contributed by atoms with van der Waals surface area (Å²) in [6.07, 6.45) is 0.805. The maximum atomic E-state index is 11.4. The number of hydrogen-bond donors (Lipinski definition) is 1. The molecule has 0 spiro atoms. The molecule has 2 aromatic carbocycles. The highest BCUT2D eigenvalue weighted by Crippen LogP contribution is 2.28. The Balaban J connectivity index is 2.31. The maximum absolute atomic E-state index is 11.4. The molecule has 21 heavy (non-hydrogen) atoms. The zero-order chi connectivity index (χ0) is 15.6. The predicted molar refractivity (Wildman–Crippen MR) is 83.5 cm³/mol. The Morgan fingerprint density at radius 2 is 1.76 bits per heavy atom. The minimum absolute atomic E-state index is 0.0974. The lowest BCUT2D eigenvalue weighted by Gasteiger charge is -2.10. The van der Waals surface area contributed by atoms with E-state index < -0.39 is 10.0 Å². The van der Waals surface area contributed by atoms with Gasteiger partial charge in [0.15, 0.2) is 0 Å². The molecular formula is C15H16ClNO3S. The van der Waals surface area contributed by atoms with Gasteiger partial charge in [0.25, 0.3) is 0 Å².